The van der Waals surface area contributed by atoms with E-state index in [1.807, 2.05) is 27.8 Å². The van der Waals surface area contributed by atoms with Crippen molar-refractivity contribution in [3.8, 4) is 0 Å². The van der Waals surface area contributed by atoms with Gasteiger partial charge in [0.05, 0.1) is 12.7 Å². The Morgan fingerprint density at radius 3 is 2.53 bits per heavy atom. The summed E-state index contributed by atoms with van der Waals surface area (Å²) >= 11 is 0. The number of aromatic nitrogens is 3. The van der Waals surface area contributed by atoms with Crippen LogP contribution in [0.15, 0.2) is 10.6 Å². The van der Waals surface area contributed by atoms with Gasteiger partial charge in [-0.25, -0.2) is 15.0 Å². The normalized spacial score (nSPS) is 10.5. The fraction of sp³-hybridized carbons (Fsp3) is 0.462. The van der Waals surface area contributed by atoms with Gasteiger partial charge in [-0.2, -0.15) is 0 Å². The van der Waals surface area contributed by atoms with Crippen molar-refractivity contribution in [2.24, 2.45) is 0 Å². The molecule has 0 atom stereocenters. The Hall–Kier alpha value is -2.11. The second-order valence-electron chi connectivity index (χ2n) is 4.28. The molecule has 0 bridgehead atoms. The van der Waals surface area contributed by atoms with Gasteiger partial charge in [-0.3, -0.25) is 0 Å². The molecule has 6 nitrogen and oxygen atoms in total. The highest BCUT2D eigenvalue weighted by atomic mass is 16.4. The van der Waals surface area contributed by atoms with Crippen LogP contribution in [0.3, 0.4) is 0 Å². The molecule has 2 heterocycles. The Morgan fingerprint density at radius 1 is 1.21 bits per heavy atom. The highest BCUT2D eigenvalue weighted by molar-refractivity contribution is 5.56. The van der Waals surface area contributed by atoms with Gasteiger partial charge in [0, 0.05) is 19.0 Å². The van der Waals surface area contributed by atoms with Gasteiger partial charge in [0.15, 0.2) is 0 Å². The molecule has 2 aromatic heterocycles. The SMILES string of the molecule is CCc1nc(NC)c(C)c(NCc2ncc(C)o2)n1. The third kappa shape index (κ3) is 3.01. The zero-order valence-electron chi connectivity index (χ0n) is 11.7. The number of oxazole rings is 1. The van der Waals surface area contributed by atoms with Gasteiger partial charge >= 0.3 is 0 Å². The second kappa shape index (κ2) is 5.69. The monoisotopic (exact) mass is 261 g/mol. The van der Waals surface area contributed by atoms with Crippen molar-refractivity contribution in [2.75, 3.05) is 17.7 Å². The van der Waals surface area contributed by atoms with Crippen LogP contribution in [0.2, 0.25) is 0 Å². The number of aryl methyl sites for hydroxylation is 2. The lowest BCUT2D eigenvalue weighted by Crippen LogP contribution is -2.09. The van der Waals surface area contributed by atoms with Gasteiger partial charge in [-0.05, 0) is 13.8 Å². The van der Waals surface area contributed by atoms with Crippen molar-refractivity contribution in [3.63, 3.8) is 0 Å². The van der Waals surface area contributed by atoms with Crippen LogP contribution in [0.4, 0.5) is 11.6 Å². The summed E-state index contributed by atoms with van der Waals surface area (Å²) in [7, 11) is 1.86. The minimum Gasteiger partial charge on any atom is -0.444 e. The minimum atomic E-state index is 0.512. The van der Waals surface area contributed by atoms with Crippen LogP contribution in [0.25, 0.3) is 0 Å². The number of anilines is 2. The molecular weight excluding hydrogens is 242 g/mol. The molecule has 0 spiro atoms. The maximum absolute atomic E-state index is 5.43. The van der Waals surface area contributed by atoms with Gasteiger partial charge in [0.2, 0.25) is 5.89 Å². The molecule has 102 valence electrons. The van der Waals surface area contributed by atoms with E-state index in [-0.39, 0.29) is 0 Å². The highest BCUT2D eigenvalue weighted by Gasteiger charge is 2.10. The van der Waals surface area contributed by atoms with E-state index < -0.39 is 0 Å². The van der Waals surface area contributed by atoms with E-state index in [0.29, 0.717) is 12.4 Å². The first-order valence-electron chi connectivity index (χ1n) is 6.34. The van der Waals surface area contributed by atoms with E-state index in [1.54, 1.807) is 6.20 Å². The largest absolute Gasteiger partial charge is 0.444 e. The molecule has 0 saturated heterocycles. The van der Waals surface area contributed by atoms with Crippen molar-refractivity contribution in [3.05, 3.63) is 29.2 Å². The Kier molecular flexibility index (Phi) is 3.99. The molecule has 0 saturated carbocycles. The number of nitrogens with one attached hydrogen (secondary N) is 2. The van der Waals surface area contributed by atoms with Crippen molar-refractivity contribution in [2.45, 2.75) is 33.7 Å². The van der Waals surface area contributed by atoms with E-state index in [9.17, 15) is 0 Å². The molecule has 0 aliphatic carbocycles. The van der Waals surface area contributed by atoms with Gasteiger partial charge in [-0.1, -0.05) is 6.92 Å². The fourth-order valence-electron chi connectivity index (χ4n) is 1.78. The summed E-state index contributed by atoms with van der Waals surface area (Å²) in [6.07, 6.45) is 2.50. The van der Waals surface area contributed by atoms with E-state index in [4.69, 9.17) is 4.42 Å². The van der Waals surface area contributed by atoms with E-state index in [1.165, 1.54) is 0 Å². The zero-order valence-corrected chi connectivity index (χ0v) is 11.7. The average molecular weight is 261 g/mol. The van der Waals surface area contributed by atoms with E-state index in [0.717, 1.165) is 35.2 Å². The molecule has 0 aromatic carbocycles. The summed E-state index contributed by atoms with van der Waals surface area (Å²) in [5.74, 6) is 3.92. The molecule has 0 fully saturated rings. The van der Waals surface area contributed by atoms with Gasteiger partial charge in [0.1, 0.15) is 23.2 Å². The summed E-state index contributed by atoms with van der Waals surface area (Å²) in [4.78, 5) is 13.1. The molecule has 0 unspecified atom stereocenters. The van der Waals surface area contributed by atoms with Crippen molar-refractivity contribution < 1.29 is 4.42 Å². The summed E-state index contributed by atoms with van der Waals surface area (Å²) in [6, 6.07) is 0. The highest BCUT2D eigenvalue weighted by Crippen LogP contribution is 2.20. The Bertz CT molecular complexity index is 564. The number of nitrogens with zero attached hydrogens (tertiary/aromatic N) is 3. The molecule has 19 heavy (non-hydrogen) atoms. The minimum absolute atomic E-state index is 0.512. The lowest BCUT2D eigenvalue weighted by Gasteiger charge is -2.12. The van der Waals surface area contributed by atoms with Gasteiger partial charge in [-0.15, -0.1) is 0 Å². The smallest absolute Gasteiger partial charge is 0.213 e. The number of hydrogen-bond donors (Lipinski definition) is 2. The van der Waals surface area contributed by atoms with Gasteiger partial charge < -0.3 is 15.1 Å². The number of rotatable bonds is 5. The molecular formula is C13H19N5O. The quantitative estimate of drug-likeness (QED) is 0.860. The first-order chi connectivity index (χ1) is 9.13. The first-order valence-corrected chi connectivity index (χ1v) is 6.34. The van der Waals surface area contributed by atoms with Crippen molar-refractivity contribution >= 4 is 11.6 Å². The molecule has 0 aliphatic rings. The molecule has 2 rings (SSSR count). The molecule has 0 aliphatic heterocycles. The predicted molar refractivity (Wildman–Crippen MR) is 74.3 cm³/mol. The lowest BCUT2D eigenvalue weighted by molar-refractivity contribution is 0.478. The van der Waals surface area contributed by atoms with Crippen LogP contribution in [0, 0.1) is 13.8 Å². The fourth-order valence-corrected chi connectivity index (χ4v) is 1.78. The molecule has 0 radical (unpaired) electrons. The number of hydrogen-bond acceptors (Lipinski definition) is 6. The van der Waals surface area contributed by atoms with Crippen LogP contribution in [-0.2, 0) is 13.0 Å². The Balaban J connectivity index is 2.19. The topological polar surface area (TPSA) is 75.9 Å². The van der Waals surface area contributed by atoms with Crippen LogP contribution in [-0.4, -0.2) is 22.0 Å². The van der Waals surface area contributed by atoms with E-state index in [2.05, 4.69) is 25.6 Å². The third-order valence-electron chi connectivity index (χ3n) is 2.82. The average Bonchev–Trinajstić information content (AvgIpc) is 2.83. The van der Waals surface area contributed by atoms with Crippen LogP contribution < -0.4 is 10.6 Å². The van der Waals surface area contributed by atoms with Gasteiger partial charge in [0.25, 0.3) is 0 Å². The molecule has 2 aromatic rings. The summed E-state index contributed by atoms with van der Waals surface area (Å²) < 4.78 is 5.43. The standard InChI is InChI=1S/C13H19N5O/c1-5-10-17-12(14-4)9(3)13(18-10)16-7-11-15-6-8(2)19-11/h6H,5,7H2,1-4H3,(H2,14,16,17,18). The molecule has 2 N–H and O–H groups in total. The van der Waals surface area contributed by atoms with Crippen LogP contribution in [0.5, 0.6) is 0 Å². The summed E-state index contributed by atoms with van der Waals surface area (Å²) in [5, 5.41) is 6.33. The van der Waals surface area contributed by atoms with Crippen LogP contribution >= 0.6 is 0 Å². The predicted octanol–water partition coefficient (Wildman–Crippen LogP) is 2.30. The Labute approximate surface area is 112 Å². The first kappa shape index (κ1) is 13.3. The van der Waals surface area contributed by atoms with Crippen molar-refractivity contribution in [1.82, 2.24) is 15.0 Å². The molecule has 6 heteroatoms. The zero-order chi connectivity index (χ0) is 13.8. The lowest BCUT2D eigenvalue weighted by atomic mass is 10.3. The molecule has 0 amide bonds. The summed E-state index contributed by atoms with van der Waals surface area (Å²) in [5.41, 5.74) is 0.989. The van der Waals surface area contributed by atoms with E-state index >= 15 is 0 Å². The Morgan fingerprint density at radius 2 is 1.95 bits per heavy atom. The van der Waals surface area contributed by atoms with Crippen LogP contribution in [0.1, 0.15) is 30.0 Å². The third-order valence-corrected chi connectivity index (χ3v) is 2.82. The maximum atomic E-state index is 5.43. The van der Waals surface area contributed by atoms with Crippen molar-refractivity contribution in [1.29, 1.82) is 0 Å². The second-order valence-corrected chi connectivity index (χ2v) is 4.28. The summed E-state index contributed by atoms with van der Waals surface area (Å²) in [6.45, 7) is 6.40. The maximum Gasteiger partial charge on any atom is 0.213 e.